The molecule has 9 heteroatoms. The SMILES string of the molecule is CN(C)[C@H]1C(O)=C(C(N)=O)C(=O)[C@@]2(O)C(O)=C3C(=O)c4c(O)ccc(C5CCCCC5)c4C[C@H]3C[C@@H]12. The van der Waals surface area contributed by atoms with Crippen molar-refractivity contribution < 1.29 is 34.8 Å². The van der Waals surface area contributed by atoms with Gasteiger partial charge in [0.15, 0.2) is 11.4 Å². The third-order valence-electron chi connectivity index (χ3n) is 8.69. The lowest BCUT2D eigenvalue weighted by atomic mass is 9.58. The summed E-state index contributed by atoms with van der Waals surface area (Å²) in [6.07, 6.45) is 5.80. The molecule has 0 bridgehead atoms. The summed E-state index contributed by atoms with van der Waals surface area (Å²) in [7, 11) is 3.24. The fourth-order valence-electron chi connectivity index (χ4n) is 7.07. The highest BCUT2D eigenvalue weighted by Crippen LogP contribution is 2.53. The van der Waals surface area contributed by atoms with Crippen LogP contribution in [0.1, 0.15) is 65.9 Å². The standard InChI is InChI=1S/C27H32N2O7/c1-29(2)21-16-11-13-10-15-14(12-6-4-3-5-7-12)8-9-17(30)19(15)22(31)18(13)24(33)27(16,36)25(34)20(23(21)32)26(28)35/h8-9,12-13,16,21,30,32-33,36H,3-7,10-11H2,1-2H3,(H2,28,35)/t13-,16-,21+,27-/m0/s1. The summed E-state index contributed by atoms with van der Waals surface area (Å²) < 4.78 is 0. The fourth-order valence-corrected chi connectivity index (χ4v) is 7.07. The zero-order chi connectivity index (χ0) is 26.1. The van der Waals surface area contributed by atoms with Crippen molar-refractivity contribution in [2.24, 2.45) is 17.6 Å². The van der Waals surface area contributed by atoms with Crippen LogP contribution in [0.3, 0.4) is 0 Å². The van der Waals surface area contributed by atoms with Crippen LogP contribution < -0.4 is 5.73 Å². The predicted octanol–water partition coefficient (Wildman–Crippen LogP) is 2.17. The molecule has 6 N–H and O–H groups in total. The van der Waals surface area contributed by atoms with Crippen LogP contribution in [0.5, 0.6) is 5.75 Å². The Morgan fingerprint density at radius 3 is 2.33 bits per heavy atom. The number of Topliss-reactive ketones (excluding diaryl/α,β-unsaturated/α-hetero) is 2. The largest absolute Gasteiger partial charge is 0.510 e. The molecule has 0 unspecified atom stereocenters. The lowest BCUT2D eigenvalue weighted by molar-refractivity contribution is -0.148. The van der Waals surface area contributed by atoms with Crippen LogP contribution in [-0.2, 0) is 16.0 Å². The number of nitrogens with zero attached hydrogens (tertiary/aromatic N) is 1. The van der Waals surface area contributed by atoms with Crippen LogP contribution in [0.2, 0.25) is 0 Å². The molecular weight excluding hydrogens is 464 g/mol. The minimum absolute atomic E-state index is 0.0962. The summed E-state index contributed by atoms with van der Waals surface area (Å²) in [6.45, 7) is 0. The Labute approximate surface area is 208 Å². The van der Waals surface area contributed by atoms with E-state index in [0.717, 1.165) is 36.8 Å². The Kier molecular flexibility index (Phi) is 5.76. The molecule has 1 fully saturated rings. The highest BCUT2D eigenvalue weighted by atomic mass is 16.3. The van der Waals surface area contributed by atoms with E-state index < -0.39 is 58.0 Å². The van der Waals surface area contributed by atoms with Gasteiger partial charge in [-0.2, -0.15) is 0 Å². The van der Waals surface area contributed by atoms with Crippen molar-refractivity contribution in [3.8, 4) is 5.75 Å². The maximum Gasteiger partial charge on any atom is 0.255 e. The molecule has 1 aromatic rings. The normalized spacial score (nSPS) is 30.8. The third-order valence-corrected chi connectivity index (χ3v) is 8.69. The number of amides is 1. The molecule has 0 spiro atoms. The Morgan fingerprint density at radius 2 is 1.72 bits per heavy atom. The first-order valence-corrected chi connectivity index (χ1v) is 12.5. The number of carbonyl (C=O) groups excluding carboxylic acids is 3. The van der Waals surface area contributed by atoms with Crippen LogP contribution in [-0.4, -0.2) is 68.5 Å². The van der Waals surface area contributed by atoms with Crippen LogP contribution in [0.4, 0.5) is 0 Å². The number of primary amides is 1. The number of aliphatic hydroxyl groups is 3. The van der Waals surface area contributed by atoms with Gasteiger partial charge in [0.2, 0.25) is 5.78 Å². The van der Waals surface area contributed by atoms with E-state index in [1.54, 1.807) is 19.0 Å². The van der Waals surface area contributed by atoms with Gasteiger partial charge in [-0.3, -0.25) is 19.3 Å². The van der Waals surface area contributed by atoms with Crippen LogP contribution >= 0.6 is 0 Å². The molecular formula is C27H32N2O7. The topological polar surface area (TPSA) is 161 Å². The van der Waals surface area contributed by atoms with Gasteiger partial charge in [-0.1, -0.05) is 25.3 Å². The second-order valence-corrected chi connectivity index (χ2v) is 10.8. The van der Waals surface area contributed by atoms with Gasteiger partial charge in [-0.05, 0) is 68.8 Å². The van der Waals surface area contributed by atoms with Crippen LogP contribution in [0.15, 0.2) is 34.8 Å². The summed E-state index contributed by atoms with van der Waals surface area (Å²) in [5, 5.41) is 44.5. The number of carbonyl (C=O) groups is 3. The van der Waals surface area contributed by atoms with E-state index in [1.807, 2.05) is 6.07 Å². The van der Waals surface area contributed by atoms with Crippen molar-refractivity contribution in [2.45, 2.75) is 62.5 Å². The van der Waals surface area contributed by atoms with Gasteiger partial charge < -0.3 is 26.2 Å². The van der Waals surface area contributed by atoms with E-state index in [-0.39, 0.29) is 29.2 Å². The number of aliphatic hydroxyl groups excluding tert-OH is 2. The van der Waals surface area contributed by atoms with E-state index >= 15 is 0 Å². The molecule has 4 aliphatic rings. The number of nitrogens with two attached hydrogens (primary N) is 1. The van der Waals surface area contributed by atoms with Gasteiger partial charge in [-0.15, -0.1) is 0 Å². The molecule has 0 radical (unpaired) electrons. The fraction of sp³-hybridized carbons (Fsp3) is 0.519. The number of hydrogen-bond acceptors (Lipinski definition) is 8. The predicted molar refractivity (Wildman–Crippen MR) is 130 cm³/mol. The molecule has 36 heavy (non-hydrogen) atoms. The van der Waals surface area contributed by atoms with E-state index in [0.29, 0.717) is 6.42 Å². The van der Waals surface area contributed by atoms with Gasteiger partial charge in [-0.25, -0.2) is 0 Å². The van der Waals surface area contributed by atoms with Crippen LogP contribution in [0.25, 0.3) is 0 Å². The number of rotatable bonds is 3. The van der Waals surface area contributed by atoms with Gasteiger partial charge in [0.05, 0.1) is 11.6 Å². The minimum Gasteiger partial charge on any atom is -0.510 e. The molecule has 0 aromatic heterocycles. The Morgan fingerprint density at radius 1 is 1.06 bits per heavy atom. The number of allylic oxidation sites excluding steroid dienone is 1. The van der Waals surface area contributed by atoms with E-state index in [1.165, 1.54) is 12.5 Å². The summed E-state index contributed by atoms with van der Waals surface area (Å²) in [6, 6.07) is 2.39. The number of phenols is 1. The molecule has 5 rings (SSSR count). The van der Waals surface area contributed by atoms with Gasteiger partial charge in [0.1, 0.15) is 22.8 Å². The number of hydrogen-bond donors (Lipinski definition) is 5. The molecule has 1 aromatic carbocycles. The quantitative estimate of drug-likeness (QED) is 0.398. The third kappa shape index (κ3) is 3.25. The summed E-state index contributed by atoms with van der Waals surface area (Å²) in [5.41, 5.74) is 3.70. The zero-order valence-electron chi connectivity index (χ0n) is 20.5. The Hall–Kier alpha value is -3.17. The average molecular weight is 497 g/mol. The number of benzene rings is 1. The molecule has 1 amide bonds. The Balaban J connectivity index is 1.69. The molecule has 9 nitrogen and oxygen atoms in total. The second-order valence-electron chi connectivity index (χ2n) is 10.8. The number of fused-ring (bicyclic) bond motifs is 3. The lowest BCUT2D eigenvalue weighted by Gasteiger charge is -2.50. The maximum atomic E-state index is 13.8. The molecule has 0 saturated heterocycles. The first kappa shape index (κ1) is 24.5. The van der Waals surface area contributed by atoms with Crippen molar-refractivity contribution in [1.29, 1.82) is 0 Å². The van der Waals surface area contributed by atoms with Crippen molar-refractivity contribution in [3.05, 3.63) is 51.5 Å². The van der Waals surface area contributed by atoms with Crippen molar-refractivity contribution >= 4 is 17.5 Å². The number of ketones is 2. The van der Waals surface area contributed by atoms with Crippen molar-refractivity contribution in [1.82, 2.24) is 4.90 Å². The second kappa shape index (κ2) is 8.45. The van der Waals surface area contributed by atoms with E-state index in [4.69, 9.17) is 5.73 Å². The maximum absolute atomic E-state index is 13.8. The lowest BCUT2D eigenvalue weighted by Crippen LogP contribution is -2.63. The van der Waals surface area contributed by atoms with Crippen LogP contribution in [0, 0.1) is 11.8 Å². The van der Waals surface area contributed by atoms with Crippen molar-refractivity contribution in [3.63, 3.8) is 0 Å². The molecule has 4 atom stereocenters. The van der Waals surface area contributed by atoms with Gasteiger partial charge >= 0.3 is 0 Å². The smallest absolute Gasteiger partial charge is 0.255 e. The zero-order valence-corrected chi connectivity index (χ0v) is 20.5. The Bertz CT molecular complexity index is 1240. The molecule has 0 aliphatic heterocycles. The molecule has 192 valence electrons. The summed E-state index contributed by atoms with van der Waals surface area (Å²) in [4.78, 5) is 40.7. The first-order chi connectivity index (χ1) is 17.0. The van der Waals surface area contributed by atoms with E-state index in [2.05, 4.69) is 0 Å². The monoisotopic (exact) mass is 496 g/mol. The molecule has 1 saturated carbocycles. The number of likely N-dealkylation sites (N-methyl/N-ethyl adjacent to an activating group) is 1. The summed E-state index contributed by atoms with van der Waals surface area (Å²) in [5.74, 6) is -5.97. The number of aromatic hydroxyl groups is 1. The van der Waals surface area contributed by atoms with Crippen molar-refractivity contribution in [2.75, 3.05) is 14.1 Å². The van der Waals surface area contributed by atoms with E-state index in [9.17, 15) is 34.8 Å². The average Bonchev–Trinajstić information content (AvgIpc) is 2.81. The van der Waals surface area contributed by atoms with Gasteiger partial charge in [0, 0.05) is 11.5 Å². The molecule has 4 aliphatic carbocycles. The first-order valence-electron chi connectivity index (χ1n) is 12.5. The summed E-state index contributed by atoms with van der Waals surface area (Å²) >= 11 is 0. The highest BCUT2D eigenvalue weighted by molar-refractivity contribution is 6.24. The number of phenolic OH excluding ortho intramolecular Hbond substituents is 1. The van der Waals surface area contributed by atoms with Gasteiger partial charge in [0.25, 0.3) is 5.91 Å². The highest BCUT2D eigenvalue weighted by Gasteiger charge is 2.63. The minimum atomic E-state index is -2.61. The molecule has 0 heterocycles.